The minimum absolute atomic E-state index is 0.0305. The molecule has 1 heterocycles. The number of alkyl halides is 5. The number of ether oxygens (including phenoxy) is 1. The predicted molar refractivity (Wildman–Crippen MR) is 48.6 cm³/mol. The third-order valence-corrected chi connectivity index (χ3v) is 3.24. The van der Waals surface area contributed by atoms with Gasteiger partial charge >= 0.3 is 5.38 Å². The monoisotopic (exact) mass is 250 g/mol. The highest BCUT2D eigenvalue weighted by molar-refractivity contribution is 6.32. The lowest BCUT2D eigenvalue weighted by Crippen LogP contribution is -2.37. The van der Waals surface area contributed by atoms with E-state index in [1.807, 2.05) is 0 Å². The molecule has 0 aliphatic carbocycles. The van der Waals surface area contributed by atoms with Crippen LogP contribution in [0.5, 0.6) is 0 Å². The Morgan fingerprint density at radius 2 is 1.86 bits per heavy atom. The highest BCUT2D eigenvalue weighted by atomic mass is 35.5. The van der Waals surface area contributed by atoms with Crippen LogP contribution in [-0.2, 0) is 4.74 Å². The van der Waals surface area contributed by atoms with E-state index in [0.29, 0.717) is 6.61 Å². The van der Waals surface area contributed by atoms with E-state index < -0.39 is 16.9 Å². The average molecular weight is 251 g/mol. The zero-order valence-corrected chi connectivity index (χ0v) is 9.09. The molecule has 3 unspecified atom stereocenters. The molecule has 1 fully saturated rings. The van der Waals surface area contributed by atoms with Crippen molar-refractivity contribution in [1.29, 1.82) is 0 Å². The number of halogens is 5. The van der Waals surface area contributed by atoms with Gasteiger partial charge in [0.05, 0.1) is 0 Å². The van der Waals surface area contributed by atoms with Gasteiger partial charge in [-0.1, -0.05) is 18.5 Å². The van der Waals surface area contributed by atoms with E-state index >= 15 is 0 Å². The molecule has 1 aliphatic heterocycles. The molecule has 3 atom stereocenters. The Balaban J connectivity index is 2.58. The van der Waals surface area contributed by atoms with Crippen LogP contribution in [0.1, 0.15) is 13.3 Å². The Hall–Kier alpha value is 0.330. The van der Waals surface area contributed by atoms with Crippen molar-refractivity contribution in [2.24, 2.45) is 11.8 Å². The summed E-state index contributed by atoms with van der Waals surface area (Å²) in [6.45, 7) is 2.51. The lowest BCUT2D eigenvalue weighted by Gasteiger charge is -2.26. The van der Waals surface area contributed by atoms with Gasteiger partial charge in [0.2, 0.25) is 0 Å². The van der Waals surface area contributed by atoms with Gasteiger partial charge in [0.15, 0.2) is 0 Å². The Bertz CT molecular complexity index is 205. The second-order valence-electron chi connectivity index (χ2n) is 3.68. The minimum atomic E-state index is -4.04. The third kappa shape index (κ3) is 2.67. The topological polar surface area (TPSA) is 9.23 Å². The number of hydrogen-bond acceptors (Lipinski definition) is 1. The highest BCUT2D eigenvalue weighted by Gasteiger charge is 2.54. The van der Waals surface area contributed by atoms with Gasteiger partial charge in [-0.3, -0.25) is 0 Å². The van der Waals surface area contributed by atoms with Gasteiger partial charge in [-0.2, -0.15) is 8.78 Å². The molecule has 6 heteroatoms. The van der Waals surface area contributed by atoms with Crippen molar-refractivity contribution < 1.29 is 17.9 Å². The molecular formula is C8H11Cl2F3O. The van der Waals surface area contributed by atoms with Crippen LogP contribution < -0.4 is 0 Å². The summed E-state index contributed by atoms with van der Waals surface area (Å²) < 4.78 is 43.3. The molecular weight excluding hydrogens is 240 g/mol. The second-order valence-corrected chi connectivity index (χ2v) is 4.75. The first-order valence-corrected chi connectivity index (χ1v) is 5.02. The van der Waals surface area contributed by atoms with Crippen LogP contribution >= 0.6 is 23.2 Å². The first-order valence-electron chi connectivity index (χ1n) is 4.26. The van der Waals surface area contributed by atoms with Gasteiger partial charge in [-0.15, -0.1) is 0 Å². The summed E-state index contributed by atoms with van der Waals surface area (Å²) in [5.74, 6) is -0.273. The van der Waals surface area contributed by atoms with E-state index in [1.54, 1.807) is 6.92 Å². The fourth-order valence-electron chi connectivity index (χ4n) is 1.41. The van der Waals surface area contributed by atoms with Crippen LogP contribution in [0.4, 0.5) is 13.2 Å². The number of rotatable bonds is 3. The van der Waals surface area contributed by atoms with Crippen molar-refractivity contribution in [1.82, 2.24) is 0 Å². The maximum absolute atomic E-state index is 13.3. The molecule has 0 bridgehead atoms. The van der Waals surface area contributed by atoms with E-state index in [2.05, 4.69) is 11.6 Å². The Kier molecular flexibility index (Phi) is 3.60. The van der Waals surface area contributed by atoms with Crippen LogP contribution in [0.3, 0.4) is 0 Å². The fraction of sp³-hybridized carbons (Fsp3) is 1.00. The molecule has 0 amide bonds. The summed E-state index contributed by atoms with van der Waals surface area (Å²) in [4.78, 5) is 0. The minimum Gasteiger partial charge on any atom is -0.381 e. The Labute approximate surface area is 90.5 Å². The van der Waals surface area contributed by atoms with Crippen molar-refractivity contribution >= 4 is 23.2 Å². The van der Waals surface area contributed by atoms with E-state index in [0.717, 1.165) is 0 Å². The molecule has 1 aliphatic rings. The lowest BCUT2D eigenvalue weighted by molar-refractivity contribution is -0.0340. The quantitative estimate of drug-likeness (QED) is 0.698. The van der Waals surface area contributed by atoms with E-state index in [9.17, 15) is 13.2 Å². The van der Waals surface area contributed by atoms with E-state index in [4.69, 9.17) is 16.3 Å². The largest absolute Gasteiger partial charge is 0.381 e. The van der Waals surface area contributed by atoms with Crippen molar-refractivity contribution in [3.05, 3.63) is 0 Å². The molecule has 84 valence electrons. The average Bonchev–Trinajstić information content (AvgIpc) is 2.33. The van der Waals surface area contributed by atoms with Crippen LogP contribution in [0, 0.1) is 11.8 Å². The molecule has 1 rings (SSSR count). The summed E-state index contributed by atoms with van der Waals surface area (Å²) >= 11 is 9.62. The zero-order chi connectivity index (χ0) is 11.0. The molecule has 0 aromatic heterocycles. The molecule has 14 heavy (non-hydrogen) atoms. The summed E-state index contributed by atoms with van der Waals surface area (Å²) in [6.07, 6.45) is -0.494. The summed E-state index contributed by atoms with van der Waals surface area (Å²) in [5, 5.41) is -7.24. The SMILES string of the molecule is CC1COCC1CC(F)(Cl)C(F)(F)Cl. The maximum atomic E-state index is 13.3. The predicted octanol–water partition coefficient (Wildman–Crippen LogP) is 3.40. The highest BCUT2D eigenvalue weighted by Crippen LogP contribution is 2.45. The van der Waals surface area contributed by atoms with Crippen molar-refractivity contribution in [3.8, 4) is 0 Å². The van der Waals surface area contributed by atoms with Gasteiger partial charge in [0.25, 0.3) is 5.13 Å². The lowest BCUT2D eigenvalue weighted by atomic mass is 9.92. The van der Waals surface area contributed by atoms with Gasteiger partial charge < -0.3 is 4.74 Å². The Morgan fingerprint density at radius 3 is 2.21 bits per heavy atom. The maximum Gasteiger partial charge on any atom is 0.369 e. The summed E-state index contributed by atoms with van der Waals surface area (Å²) in [5.41, 5.74) is 0. The van der Waals surface area contributed by atoms with Gasteiger partial charge in [-0.05, 0) is 23.4 Å². The molecule has 0 aromatic rings. The van der Waals surface area contributed by atoms with Crippen molar-refractivity contribution in [2.75, 3.05) is 13.2 Å². The van der Waals surface area contributed by atoms with Crippen LogP contribution in [-0.4, -0.2) is 23.7 Å². The van der Waals surface area contributed by atoms with Crippen molar-refractivity contribution in [3.63, 3.8) is 0 Å². The summed E-state index contributed by atoms with van der Waals surface area (Å²) in [7, 11) is 0. The number of hydrogen-bond donors (Lipinski definition) is 0. The normalized spacial score (nSPS) is 33.0. The first kappa shape index (κ1) is 12.4. The van der Waals surface area contributed by atoms with E-state index in [-0.39, 0.29) is 18.4 Å². The molecule has 0 N–H and O–H groups in total. The smallest absolute Gasteiger partial charge is 0.369 e. The molecule has 1 nitrogen and oxygen atoms in total. The molecule has 0 spiro atoms. The van der Waals surface area contributed by atoms with Gasteiger partial charge in [0.1, 0.15) is 0 Å². The third-order valence-electron chi connectivity index (χ3n) is 2.45. The van der Waals surface area contributed by atoms with Crippen molar-refractivity contribution in [2.45, 2.75) is 23.9 Å². The molecule has 0 radical (unpaired) electrons. The van der Waals surface area contributed by atoms with E-state index in [1.165, 1.54) is 0 Å². The standard InChI is InChI=1S/C8H11Cl2F3O/c1-5-3-14-4-6(5)2-7(9,11)8(10,12)13/h5-6H,2-4H2,1H3. The van der Waals surface area contributed by atoms with Gasteiger partial charge in [0, 0.05) is 19.6 Å². The van der Waals surface area contributed by atoms with Crippen LogP contribution in [0.2, 0.25) is 0 Å². The van der Waals surface area contributed by atoms with Crippen LogP contribution in [0.25, 0.3) is 0 Å². The Morgan fingerprint density at radius 1 is 1.29 bits per heavy atom. The molecule has 0 aromatic carbocycles. The molecule has 0 saturated carbocycles. The summed E-state index contributed by atoms with van der Waals surface area (Å²) in [6, 6.07) is 0. The second kappa shape index (κ2) is 4.06. The molecule has 1 saturated heterocycles. The fourth-order valence-corrected chi connectivity index (χ4v) is 1.69. The zero-order valence-electron chi connectivity index (χ0n) is 7.57. The van der Waals surface area contributed by atoms with Gasteiger partial charge in [-0.25, -0.2) is 4.39 Å². The van der Waals surface area contributed by atoms with Crippen LogP contribution in [0.15, 0.2) is 0 Å². The first-order chi connectivity index (χ1) is 6.24.